The highest BCUT2D eigenvalue weighted by molar-refractivity contribution is 5.76. The molecule has 0 aromatic rings. The van der Waals surface area contributed by atoms with Gasteiger partial charge in [-0.2, -0.15) is 0 Å². The number of hydrogen-bond acceptors (Lipinski definition) is 3. The van der Waals surface area contributed by atoms with E-state index in [2.05, 4.69) is 153 Å². The molecule has 0 spiro atoms. The Bertz CT molecular complexity index is 1420. The number of aliphatic hydroxyl groups is 2. The van der Waals surface area contributed by atoms with E-state index in [1.54, 1.807) is 6.08 Å². The fraction of sp³-hybridized carbons (Fsp3) is 0.603. The summed E-state index contributed by atoms with van der Waals surface area (Å²) in [5.74, 6) is -0.0817. The molecule has 0 aromatic heterocycles. The van der Waals surface area contributed by atoms with Crippen molar-refractivity contribution in [3.8, 4) is 0 Å². The lowest BCUT2D eigenvalue weighted by atomic mass is 10.0. The van der Waals surface area contributed by atoms with Crippen LogP contribution < -0.4 is 5.32 Å². The maximum absolute atomic E-state index is 12.4. The summed E-state index contributed by atoms with van der Waals surface area (Å²) in [6, 6.07) is -0.638. The van der Waals surface area contributed by atoms with Crippen LogP contribution in [0.1, 0.15) is 226 Å². The summed E-state index contributed by atoms with van der Waals surface area (Å²) < 4.78 is 0. The Morgan fingerprint density at radius 2 is 0.657 bits per heavy atom. The standard InChI is InChI=1S/C63H103NO3/c1-3-5-7-9-11-13-15-17-19-20-21-22-23-24-25-26-27-28-29-30-31-32-33-34-35-36-37-38-39-40-41-42-43-44-45-47-49-51-53-55-57-59-63(67)64-61(60-65)62(66)58-56-54-52-50-48-46-18-16-14-12-10-8-6-4-2/h5,7,11,13,17,19,21-22,24-25,27-28,30-31,33-34,36-37,39-40,42-43,56,58,61-62,65-66H,3-4,6,8-10,12,14-16,18,20,23,26,29,32,35,38,41,44-55,57,59-60H2,1-2H3,(H,64,67)/b7-5-,13-11-,19-17-,22-21-,25-24-,28-27-,31-30-,34-33-,37-36-,40-39-,43-42-,58-56+. The summed E-state index contributed by atoms with van der Waals surface area (Å²) in [7, 11) is 0. The van der Waals surface area contributed by atoms with E-state index < -0.39 is 12.1 Å². The van der Waals surface area contributed by atoms with Crippen LogP contribution in [-0.4, -0.2) is 34.9 Å². The summed E-state index contributed by atoms with van der Waals surface area (Å²) in [6.45, 7) is 4.18. The molecule has 0 rings (SSSR count). The fourth-order valence-electron chi connectivity index (χ4n) is 7.42. The van der Waals surface area contributed by atoms with E-state index >= 15 is 0 Å². The first kappa shape index (κ1) is 63.3. The van der Waals surface area contributed by atoms with Gasteiger partial charge in [0.15, 0.2) is 0 Å². The van der Waals surface area contributed by atoms with Crippen molar-refractivity contribution >= 4 is 5.91 Å². The van der Waals surface area contributed by atoms with Gasteiger partial charge in [0.1, 0.15) is 0 Å². The van der Waals surface area contributed by atoms with Crippen molar-refractivity contribution in [1.29, 1.82) is 0 Å². The molecule has 4 heteroatoms. The molecule has 4 nitrogen and oxygen atoms in total. The number of hydrogen-bond donors (Lipinski definition) is 3. The van der Waals surface area contributed by atoms with E-state index in [0.29, 0.717) is 6.42 Å². The molecule has 0 fully saturated rings. The predicted octanol–water partition coefficient (Wildman–Crippen LogP) is 18.4. The zero-order chi connectivity index (χ0) is 48.5. The molecule has 0 aliphatic rings. The molecule has 0 heterocycles. The van der Waals surface area contributed by atoms with Gasteiger partial charge in [-0.3, -0.25) is 4.79 Å². The smallest absolute Gasteiger partial charge is 0.220 e. The molecule has 0 aromatic carbocycles. The van der Waals surface area contributed by atoms with Crippen molar-refractivity contribution in [2.45, 2.75) is 238 Å². The third-order valence-electron chi connectivity index (χ3n) is 11.6. The first-order valence-corrected chi connectivity index (χ1v) is 27.5. The van der Waals surface area contributed by atoms with Gasteiger partial charge in [0.05, 0.1) is 18.8 Å². The largest absolute Gasteiger partial charge is 0.394 e. The maximum Gasteiger partial charge on any atom is 0.220 e. The van der Waals surface area contributed by atoms with Gasteiger partial charge in [-0.05, 0) is 103 Å². The number of carbonyl (C=O) groups is 1. The number of aliphatic hydroxyl groups excluding tert-OH is 2. The summed E-state index contributed by atoms with van der Waals surface area (Å²) in [6.07, 6.45) is 89.9. The molecule has 0 aliphatic heterocycles. The molecule has 0 bridgehead atoms. The van der Waals surface area contributed by atoms with Gasteiger partial charge in [0.25, 0.3) is 0 Å². The minimum Gasteiger partial charge on any atom is -0.394 e. The van der Waals surface area contributed by atoms with Gasteiger partial charge in [-0.1, -0.05) is 262 Å². The molecule has 0 saturated carbocycles. The Morgan fingerprint density at radius 1 is 0.373 bits per heavy atom. The minimum atomic E-state index is -0.853. The van der Waals surface area contributed by atoms with Crippen LogP contribution in [0.15, 0.2) is 146 Å². The van der Waals surface area contributed by atoms with Gasteiger partial charge in [-0.15, -0.1) is 0 Å². The summed E-state index contributed by atoms with van der Waals surface area (Å²) in [5, 5.41) is 23.1. The summed E-state index contributed by atoms with van der Waals surface area (Å²) in [5.41, 5.74) is 0. The first-order chi connectivity index (χ1) is 33.2. The quantitative estimate of drug-likeness (QED) is 0.0421. The molecule has 0 aliphatic carbocycles. The van der Waals surface area contributed by atoms with Crippen LogP contribution in [0.3, 0.4) is 0 Å². The number of rotatable bonds is 48. The van der Waals surface area contributed by atoms with E-state index in [9.17, 15) is 15.0 Å². The average molecular weight is 923 g/mol. The van der Waals surface area contributed by atoms with E-state index in [-0.39, 0.29) is 12.5 Å². The van der Waals surface area contributed by atoms with Gasteiger partial charge < -0.3 is 15.5 Å². The second-order valence-corrected chi connectivity index (χ2v) is 17.9. The first-order valence-electron chi connectivity index (χ1n) is 27.5. The van der Waals surface area contributed by atoms with Crippen LogP contribution in [0.2, 0.25) is 0 Å². The highest BCUT2D eigenvalue weighted by atomic mass is 16.3. The molecule has 378 valence electrons. The van der Waals surface area contributed by atoms with Crippen molar-refractivity contribution in [2.24, 2.45) is 0 Å². The lowest BCUT2D eigenvalue weighted by molar-refractivity contribution is -0.123. The fourth-order valence-corrected chi connectivity index (χ4v) is 7.42. The second kappa shape index (κ2) is 56.6. The van der Waals surface area contributed by atoms with Crippen LogP contribution in [0, 0.1) is 0 Å². The number of nitrogens with one attached hydrogen (secondary N) is 1. The number of carbonyl (C=O) groups excluding carboxylic acids is 1. The highest BCUT2D eigenvalue weighted by Crippen LogP contribution is 2.14. The third kappa shape index (κ3) is 53.1. The average Bonchev–Trinajstić information content (AvgIpc) is 3.33. The van der Waals surface area contributed by atoms with Crippen LogP contribution >= 0.6 is 0 Å². The zero-order valence-electron chi connectivity index (χ0n) is 43.4. The van der Waals surface area contributed by atoms with Crippen molar-refractivity contribution in [3.05, 3.63) is 146 Å². The third-order valence-corrected chi connectivity index (χ3v) is 11.6. The van der Waals surface area contributed by atoms with Gasteiger partial charge >= 0.3 is 0 Å². The van der Waals surface area contributed by atoms with Crippen LogP contribution in [0.4, 0.5) is 0 Å². The van der Waals surface area contributed by atoms with Crippen molar-refractivity contribution in [2.75, 3.05) is 6.61 Å². The van der Waals surface area contributed by atoms with E-state index in [4.69, 9.17) is 0 Å². The van der Waals surface area contributed by atoms with Crippen molar-refractivity contribution in [3.63, 3.8) is 0 Å². The highest BCUT2D eigenvalue weighted by Gasteiger charge is 2.18. The minimum absolute atomic E-state index is 0.0817. The Balaban J connectivity index is 3.67. The molecular weight excluding hydrogens is 819 g/mol. The van der Waals surface area contributed by atoms with Crippen molar-refractivity contribution in [1.82, 2.24) is 5.32 Å². The van der Waals surface area contributed by atoms with E-state index in [1.165, 1.54) is 96.3 Å². The predicted molar refractivity (Wildman–Crippen MR) is 298 cm³/mol. The zero-order valence-corrected chi connectivity index (χ0v) is 43.4. The lowest BCUT2D eigenvalue weighted by Gasteiger charge is -2.20. The van der Waals surface area contributed by atoms with Gasteiger partial charge in [-0.25, -0.2) is 0 Å². The molecule has 3 N–H and O–H groups in total. The van der Waals surface area contributed by atoms with E-state index in [0.717, 1.165) is 109 Å². The molecule has 1 amide bonds. The van der Waals surface area contributed by atoms with Crippen molar-refractivity contribution < 1.29 is 15.0 Å². The van der Waals surface area contributed by atoms with E-state index in [1.807, 2.05) is 6.08 Å². The second-order valence-electron chi connectivity index (χ2n) is 17.9. The van der Waals surface area contributed by atoms with Crippen LogP contribution in [0.5, 0.6) is 0 Å². The van der Waals surface area contributed by atoms with Gasteiger partial charge in [0.2, 0.25) is 5.91 Å². The molecule has 0 saturated heterocycles. The number of unbranched alkanes of at least 4 members (excludes halogenated alkanes) is 19. The monoisotopic (exact) mass is 922 g/mol. The number of amides is 1. The Kier molecular flexibility index (Phi) is 53.4. The Hall–Kier alpha value is -3.73. The lowest BCUT2D eigenvalue weighted by Crippen LogP contribution is -2.45. The molecule has 0 radical (unpaired) electrons. The maximum atomic E-state index is 12.4. The Labute approximate surface area is 414 Å². The molecular formula is C63H103NO3. The Morgan fingerprint density at radius 3 is 0.985 bits per heavy atom. The normalized spacial score (nSPS) is 14.0. The van der Waals surface area contributed by atoms with Crippen LogP contribution in [-0.2, 0) is 4.79 Å². The molecule has 2 unspecified atom stereocenters. The van der Waals surface area contributed by atoms with Crippen LogP contribution in [0.25, 0.3) is 0 Å². The molecule has 2 atom stereocenters. The van der Waals surface area contributed by atoms with Gasteiger partial charge in [0, 0.05) is 6.42 Å². The number of allylic oxidation sites excluding steroid dienone is 23. The topological polar surface area (TPSA) is 69.6 Å². The summed E-state index contributed by atoms with van der Waals surface area (Å²) >= 11 is 0. The SMILES string of the molecule is CC/C=C\C/C=C\C/C=C\C/C=C\C/C=C\C/C=C\C/C=C\C/C=C\C/C=C\C/C=C\C/C=C\CCCCCCCCCC(=O)NC(CO)C(O)/C=C/CCCCCCCCCCCCCC. The molecule has 67 heavy (non-hydrogen) atoms. The summed E-state index contributed by atoms with van der Waals surface area (Å²) in [4.78, 5) is 12.4.